The lowest BCUT2D eigenvalue weighted by molar-refractivity contribution is -0.144. The Bertz CT molecular complexity index is 722. The first-order valence-corrected chi connectivity index (χ1v) is 8.50. The topological polar surface area (TPSA) is 93.9 Å². The average molecular weight is 344 g/mol. The number of benzene rings is 1. The smallest absolute Gasteiger partial charge is 0.319 e. The maximum Gasteiger partial charge on any atom is 0.319 e. The molecular weight excluding hydrogens is 324 g/mol. The van der Waals surface area contributed by atoms with Gasteiger partial charge in [-0.2, -0.15) is 10.4 Å². The minimum absolute atomic E-state index is 0.141. The molecule has 0 radical (unpaired) electrons. The van der Waals surface area contributed by atoms with E-state index in [4.69, 9.17) is 15.7 Å². The van der Waals surface area contributed by atoms with Crippen molar-refractivity contribution in [1.29, 1.82) is 5.26 Å². The number of nitrogen functional groups attached to an aromatic ring is 1. The zero-order chi connectivity index (χ0) is 17.5. The number of esters is 1. The molecule has 0 amide bonds. The van der Waals surface area contributed by atoms with E-state index in [2.05, 4.69) is 5.10 Å². The van der Waals surface area contributed by atoms with Crippen LogP contribution in [0.15, 0.2) is 41.4 Å². The van der Waals surface area contributed by atoms with Gasteiger partial charge in [0.2, 0.25) is 0 Å². The molecule has 2 aromatic rings. The van der Waals surface area contributed by atoms with Crippen LogP contribution in [0.3, 0.4) is 0 Å². The molecular formula is C17H20N4O2S. The molecule has 2 rings (SSSR count). The molecule has 0 aliphatic heterocycles. The van der Waals surface area contributed by atoms with Crippen LogP contribution in [0.25, 0.3) is 0 Å². The number of carbonyl (C=O) groups excluding carboxylic acids is 1. The minimum Gasteiger partial charge on any atom is -0.463 e. The first kappa shape index (κ1) is 17.9. The zero-order valence-corrected chi connectivity index (χ0v) is 14.5. The normalized spacial score (nSPS) is 11.9. The Morgan fingerprint density at radius 2 is 2.12 bits per heavy atom. The third-order valence-electron chi connectivity index (χ3n) is 3.39. The summed E-state index contributed by atoms with van der Waals surface area (Å²) in [5.41, 5.74) is 6.09. The van der Waals surface area contributed by atoms with Gasteiger partial charge in [0, 0.05) is 4.90 Å². The van der Waals surface area contributed by atoms with Crippen LogP contribution < -0.4 is 5.73 Å². The molecule has 0 fully saturated rings. The quantitative estimate of drug-likeness (QED) is 0.613. The number of ether oxygens (including phenoxy) is 1. The average Bonchev–Trinajstić information content (AvgIpc) is 2.93. The molecule has 0 spiro atoms. The zero-order valence-electron chi connectivity index (χ0n) is 13.7. The van der Waals surface area contributed by atoms with Crippen molar-refractivity contribution in [3.05, 3.63) is 42.1 Å². The van der Waals surface area contributed by atoms with Crippen molar-refractivity contribution < 1.29 is 9.53 Å². The van der Waals surface area contributed by atoms with Gasteiger partial charge in [0.05, 0.1) is 12.7 Å². The summed E-state index contributed by atoms with van der Waals surface area (Å²) in [6.07, 6.45) is 1.40. The Hall–Kier alpha value is -2.46. The van der Waals surface area contributed by atoms with Gasteiger partial charge in [0.1, 0.15) is 29.3 Å². The van der Waals surface area contributed by atoms with Crippen LogP contribution in [0, 0.1) is 17.2 Å². The fourth-order valence-corrected chi connectivity index (χ4v) is 3.12. The van der Waals surface area contributed by atoms with Crippen molar-refractivity contribution >= 4 is 23.5 Å². The maximum absolute atomic E-state index is 12.4. The second kappa shape index (κ2) is 8.41. The highest BCUT2D eigenvalue weighted by Gasteiger charge is 2.25. The summed E-state index contributed by atoms with van der Waals surface area (Å²) in [5.74, 6) is 0.167. The van der Waals surface area contributed by atoms with E-state index < -0.39 is 0 Å². The molecule has 6 nitrogen and oxygen atoms in total. The van der Waals surface area contributed by atoms with E-state index in [0.717, 1.165) is 4.90 Å². The fraction of sp³-hybridized carbons (Fsp3) is 0.353. The van der Waals surface area contributed by atoms with Gasteiger partial charge in [0.15, 0.2) is 0 Å². The number of thioether (sulfide) groups is 1. The highest BCUT2D eigenvalue weighted by Crippen LogP contribution is 2.28. The molecule has 0 aliphatic rings. The van der Waals surface area contributed by atoms with Crippen LogP contribution in [0.1, 0.15) is 19.4 Å². The third-order valence-corrected chi connectivity index (χ3v) is 4.93. The lowest BCUT2D eigenvalue weighted by Gasteiger charge is -2.19. The van der Waals surface area contributed by atoms with Gasteiger partial charge in [-0.05, 0) is 18.1 Å². The number of nitrogens with zero attached hydrogens (tertiary/aromatic N) is 3. The van der Waals surface area contributed by atoms with Crippen LogP contribution in [0.4, 0.5) is 5.82 Å². The number of anilines is 1. The second-order valence-corrected chi connectivity index (χ2v) is 6.76. The molecule has 1 heterocycles. The highest BCUT2D eigenvalue weighted by molar-refractivity contribution is 8.00. The largest absolute Gasteiger partial charge is 0.463 e. The first-order valence-electron chi connectivity index (χ1n) is 7.62. The number of carbonyl (C=O) groups is 1. The van der Waals surface area contributed by atoms with E-state index >= 15 is 0 Å². The molecule has 0 unspecified atom stereocenters. The molecule has 0 aliphatic carbocycles. The molecule has 1 atom stereocenters. The van der Waals surface area contributed by atoms with Gasteiger partial charge in [-0.25, -0.2) is 4.68 Å². The van der Waals surface area contributed by atoms with E-state index in [1.807, 2.05) is 50.2 Å². The number of rotatable bonds is 7. The highest BCUT2D eigenvalue weighted by atomic mass is 32.2. The summed E-state index contributed by atoms with van der Waals surface area (Å²) in [5, 5.41) is 12.6. The van der Waals surface area contributed by atoms with Crippen molar-refractivity contribution in [1.82, 2.24) is 9.78 Å². The Kier molecular flexibility index (Phi) is 6.27. The molecule has 0 saturated carbocycles. The fourth-order valence-electron chi connectivity index (χ4n) is 2.08. The van der Waals surface area contributed by atoms with Gasteiger partial charge in [-0.1, -0.05) is 32.0 Å². The van der Waals surface area contributed by atoms with Gasteiger partial charge in [-0.15, -0.1) is 11.8 Å². The molecule has 2 N–H and O–H groups in total. The van der Waals surface area contributed by atoms with Crippen LogP contribution in [-0.4, -0.2) is 27.6 Å². The Balaban J connectivity index is 1.91. The van der Waals surface area contributed by atoms with Gasteiger partial charge in [0.25, 0.3) is 0 Å². The van der Waals surface area contributed by atoms with E-state index in [9.17, 15) is 4.79 Å². The van der Waals surface area contributed by atoms with Gasteiger partial charge in [-0.3, -0.25) is 4.79 Å². The van der Waals surface area contributed by atoms with Crippen molar-refractivity contribution in [2.45, 2.75) is 30.5 Å². The molecule has 24 heavy (non-hydrogen) atoms. The molecule has 1 aromatic heterocycles. The van der Waals surface area contributed by atoms with E-state index in [0.29, 0.717) is 12.1 Å². The van der Waals surface area contributed by atoms with Crippen LogP contribution in [-0.2, 0) is 16.1 Å². The lowest BCUT2D eigenvalue weighted by Crippen LogP contribution is -2.27. The Morgan fingerprint density at radius 3 is 2.71 bits per heavy atom. The summed E-state index contributed by atoms with van der Waals surface area (Å²) in [6.45, 7) is 4.47. The van der Waals surface area contributed by atoms with Crippen molar-refractivity contribution in [3.63, 3.8) is 0 Å². The Labute approximate surface area is 145 Å². The van der Waals surface area contributed by atoms with E-state index in [1.165, 1.54) is 22.6 Å². The number of nitrogens with two attached hydrogens (primary N) is 1. The third kappa shape index (κ3) is 4.52. The molecule has 0 saturated heterocycles. The summed E-state index contributed by atoms with van der Waals surface area (Å²) in [7, 11) is 0. The Morgan fingerprint density at radius 1 is 1.42 bits per heavy atom. The second-order valence-electron chi connectivity index (χ2n) is 5.54. The monoisotopic (exact) mass is 344 g/mol. The lowest BCUT2D eigenvalue weighted by atomic mass is 10.1. The molecule has 0 bridgehead atoms. The van der Waals surface area contributed by atoms with Crippen molar-refractivity contribution in [2.24, 2.45) is 5.92 Å². The van der Waals surface area contributed by atoms with Crippen molar-refractivity contribution in [3.8, 4) is 6.07 Å². The van der Waals surface area contributed by atoms with E-state index in [1.54, 1.807) is 0 Å². The minimum atomic E-state index is -0.281. The maximum atomic E-state index is 12.4. The SMILES string of the molecule is CC(C)[C@@H](Sc1ccccc1)C(=O)OCCn1ncc(C#N)c1N. The van der Waals surface area contributed by atoms with Crippen LogP contribution in [0.2, 0.25) is 0 Å². The number of nitriles is 1. The summed E-state index contributed by atoms with van der Waals surface area (Å²) >= 11 is 1.50. The first-order chi connectivity index (χ1) is 11.5. The van der Waals surface area contributed by atoms with Gasteiger partial charge >= 0.3 is 5.97 Å². The number of hydrogen-bond donors (Lipinski definition) is 1. The van der Waals surface area contributed by atoms with Gasteiger partial charge < -0.3 is 10.5 Å². The summed E-state index contributed by atoms with van der Waals surface area (Å²) in [6, 6.07) is 11.7. The van der Waals surface area contributed by atoms with Crippen molar-refractivity contribution in [2.75, 3.05) is 12.3 Å². The summed E-state index contributed by atoms with van der Waals surface area (Å²) < 4.78 is 6.84. The number of hydrogen-bond acceptors (Lipinski definition) is 6. The van der Waals surface area contributed by atoms with E-state index in [-0.39, 0.29) is 29.6 Å². The van der Waals surface area contributed by atoms with Crippen LogP contribution in [0.5, 0.6) is 0 Å². The molecule has 126 valence electrons. The molecule has 7 heteroatoms. The summed E-state index contributed by atoms with van der Waals surface area (Å²) in [4.78, 5) is 13.4. The predicted octanol–water partition coefficient (Wildman–Crippen LogP) is 2.70. The molecule has 1 aromatic carbocycles. The number of aromatic nitrogens is 2. The standard InChI is InChI=1S/C17H20N4O2S/c1-12(2)15(24-14-6-4-3-5-7-14)17(22)23-9-8-21-16(19)13(10-18)11-20-21/h3-7,11-12,15H,8-9,19H2,1-2H3/t15-/m1/s1. The predicted molar refractivity (Wildman–Crippen MR) is 93.2 cm³/mol. The van der Waals surface area contributed by atoms with Crippen LogP contribution >= 0.6 is 11.8 Å².